The predicted octanol–water partition coefficient (Wildman–Crippen LogP) is 3.31. The minimum absolute atomic E-state index is 0.184. The van der Waals surface area contributed by atoms with Crippen LogP contribution in [0.4, 0.5) is 13.2 Å². The minimum atomic E-state index is -4.24. The molecule has 176 valence electrons. The molecule has 2 fully saturated rings. The lowest BCUT2D eigenvalue weighted by Crippen LogP contribution is -2.51. The van der Waals surface area contributed by atoms with E-state index in [9.17, 15) is 22.8 Å². The number of carbonyl (C=O) groups is 1. The smallest absolute Gasteiger partial charge is 0.336 e. The molecule has 0 unspecified atom stereocenters. The quantitative estimate of drug-likeness (QED) is 0.647. The van der Waals surface area contributed by atoms with Crippen molar-refractivity contribution in [3.8, 4) is 0 Å². The van der Waals surface area contributed by atoms with E-state index in [1.54, 1.807) is 30.2 Å². The number of fused-ring (bicyclic) bond motifs is 3. The first-order valence-electron chi connectivity index (χ1n) is 11.3. The molecule has 2 aliphatic rings. The van der Waals surface area contributed by atoms with Crippen molar-refractivity contribution < 1.29 is 18.0 Å². The van der Waals surface area contributed by atoms with Crippen LogP contribution in [0.1, 0.15) is 35.2 Å². The Hall–Kier alpha value is -2.88. The Morgan fingerprint density at radius 3 is 2.52 bits per heavy atom. The first kappa shape index (κ1) is 21.9. The standard InChI is InChI=1S/C23H26F3N5O2/c1-14-9-19-17(20-18(21(32)28-19)11-27-31(20)12-15-3-2-4-15)10-16(14)22(33)30-7-5-29(6-8-30)13-23(24,25)26/h9-11,15H,2-8,12-13H2,1H3,(H,28,32). The Morgan fingerprint density at radius 1 is 1.15 bits per heavy atom. The summed E-state index contributed by atoms with van der Waals surface area (Å²) in [6.07, 6.45) is 0.829. The number of aryl methyl sites for hydroxylation is 1. The van der Waals surface area contributed by atoms with Crippen LogP contribution in [-0.4, -0.2) is 69.4 Å². The van der Waals surface area contributed by atoms with Gasteiger partial charge >= 0.3 is 6.18 Å². The van der Waals surface area contributed by atoms with Crippen LogP contribution < -0.4 is 5.56 Å². The van der Waals surface area contributed by atoms with Crippen LogP contribution in [0.2, 0.25) is 0 Å². The number of alkyl halides is 3. The summed E-state index contributed by atoms with van der Waals surface area (Å²) in [5.41, 5.74) is 2.37. The molecule has 10 heteroatoms. The number of hydrogen-bond acceptors (Lipinski definition) is 4. The summed E-state index contributed by atoms with van der Waals surface area (Å²) >= 11 is 0. The number of hydrogen-bond donors (Lipinski definition) is 1. The van der Waals surface area contributed by atoms with Crippen molar-refractivity contribution in [3.05, 3.63) is 39.8 Å². The van der Waals surface area contributed by atoms with Gasteiger partial charge in [0.1, 0.15) is 0 Å². The molecule has 1 amide bonds. The Bertz CT molecular complexity index is 1270. The molecular formula is C23H26F3N5O2. The van der Waals surface area contributed by atoms with Crippen molar-refractivity contribution in [2.75, 3.05) is 32.7 Å². The van der Waals surface area contributed by atoms with E-state index in [1.807, 2.05) is 4.68 Å². The number of H-pyrrole nitrogens is 1. The van der Waals surface area contributed by atoms with Gasteiger partial charge in [-0.05, 0) is 43.4 Å². The molecule has 3 aromatic rings. The first-order chi connectivity index (χ1) is 15.7. The predicted molar refractivity (Wildman–Crippen MR) is 118 cm³/mol. The van der Waals surface area contributed by atoms with Gasteiger partial charge in [-0.3, -0.25) is 19.2 Å². The Kier molecular flexibility index (Phi) is 5.43. The number of rotatable bonds is 4. The normalized spacial score (nSPS) is 18.2. The number of piperazine rings is 1. The first-order valence-corrected chi connectivity index (χ1v) is 11.3. The number of nitrogens with one attached hydrogen (secondary N) is 1. The molecule has 33 heavy (non-hydrogen) atoms. The van der Waals surface area contributed by atoms with E-state index in [0.717, 1.165) is 30.3 Å². The van der Waals surface area contributed by atoms with Crippen molar-refractivity contribution in [1.82, 2.24) is 24.6 Å². The Labute approximate surface area is 188 Å². The number of pyridine rings is 1. The molecule has 1 saturated carbocycles. The number of aromatic nitrogens is 3. The van der Waals surface area contributed by atoms with Gasteiger partial charge in [0.25, 0.3) is 11.5 Å². The molecule has 5 rings (SSSR count). The summed E-state index contributed by atoms with van der Waals surface area (Å²) in [6.45, 7) is 2.44. The summed E-state index contributed by atoms with van der Waals surface area (Å²) in [6, 6.07) is 3.59. The van der Waals surface area contributed by atoms with Gasteiger partial charge in [-0.2, -0.15) is 18.3 Å². The highest BCUT2D eigenvalue weighted by atomic mass is 19.4. The lowest BCUT2D eigenvalue weighted by molar-refractivity contribution is -0.148. The third kappa shape index (κ3) is 4.23. The van der Waals surface area contributed by atoms with E-state index in [0.29, 0.717) is 27.9 Å². The van der Waals surface area contributed by atoms with E-state index in [2.05, 4.69) is 10.1 Å². The molecule has 0 spiro atoms. The average Bonchev–Trinajstić information content (AvgIpc) is 3.14. The van der Waals surface area contributed by atoms with Gasteiger partial charge < -0.3 is 9.88 Å². The van der Waals surface area contributed by atoms with Gasteiger partial charge in [0.15, 0.2) is 0 Å². The minimum Gasteiger partial charge on any atom is -0.336 e. The topological polar surface area (TPSA) is 74.2 Å². The highest BCUT2D eigenvalue weighted by molar-refractivity contribution is 6.07. The van der Waals surface area contributed by atoms with Crippen LogP contribution in [0.25, 0.3) is 21.8 Å². The van der Waals surface area contributed by atoms with Crippen molar-refractivity contribution >= 4 is 27.7 Å². The van der Waals surface area contributed by atoms with Crippen LogP contribution in [0.15, 0.2) is 23.1 Å². The Balaban J connectivity index is 1.47. The maximum Gasteiger partial charge on any atom is 0.401 e. The fourth-order valence-electron chi connectivity index (χ4n) is 4.85. The highest BCUT2D eigenvalue weighted by Gasteiger charge is 2.33. The lowest BCUT2D eigenvalue weighted by atomic mass is 9.85. The van der Waals surface area contributed by atoms with Gasteiger partial charge in [0, 0.05) is 43.7 Å². The maximum atomic E-state index is 13.3. The van der Waals surface area contributed by atoms with Crippen LogP contribution in [0.5, 0.6) is 0 Å². The van der Waals surface area contributed by atoms with Crippen molar-refractivity contribution in [3.63, 3.8) is 0 Å². The third-order valence-corrected chi connectivity index (χ3v) is 6.90. The molecule has 1 aromatic carbocycles. The molecule has 1 aliphatic carbocycles. The van der Waals surface area contributed by atoms with E-state index < -0.39 is 12.7 Å². The summed E-state index contributed by atoms with van der Waals surface area (Å²) in [5, 5.41) is 5.70. The van der Waals surface area contributed by atoms with Crippen LogP contribution in [-0.2, 0) is 6.54 Å². The number of halogens is 3. The SMILES string of the molecule is Cc1cc2[nH]c(=O)c3cnn(CC4CCC4)c3c2cc1C(=O)N1CCN(CC(F)(F)F)CC1. The number of carbonyl (C=O) groups excluding carboxylic acids is 1. The molecule has 7 nitrogen and oxygen atoms in total. The van der Waals surface area contributed by atoms with Crippen molar-refractivity contribution in [2.45, 2.75) is 38.9 Å². The fourth-order valence-corrected chi connectivity index (χ4v) is 4.85. The van der Waals surface area contributed by atoms with Crippen LogP contribution in [0, 0.1) is 12.8 Å². The second-order valence-corrected chi connectivity index (χ2v) is 9.24. The summed E-state index contributed by atoms with van der Waals surface area (Å²) in [7, 11) is 0. The number of amides is 1. The van der Waals surface area contributed by atoms with Crippen LogP contribution in [0.3, 0.4) is 0 Å². The summed E-state index contributed by atoms with van der Waals surface area (Å²) in [4.78, 5) is 31.7. The molecule has 0 radical (unpaired) electrons. The molecule has 0 atom stereocenters. The molecule has 0 bridgehead atoms. The third-order valence-electron chi connectivity index (χ3n) is 6.90. The molecule has 1 saturated heterocycles. The molecular weight excluding hydrogens is 435 g/mol. The monoisotopic (exact) mass is 461 g/mol. The highest BCUT2D eigenvalue weighted by Crippen LogP contribution is 2.31. The van der Waals surface area contributed by atoms with Gasteiger partial charge in [0.2, 0.25) is 0 Å². The molecule has 1 aliphatic heterocycles. The van der Waals surface area contributed by atoms with Crippen molar-refractivity contribution in [1.29, 1.82) is 0 Å². The van der Waals surface area contributed by atoms with E-state index in [4.69, 9.17) is 0 Å². The molecule has 3 heterocycles. The van der Waals surface area contributed by atoms with Gasteiger partial charge in [-0.25, -0.2) is 0 Å². The number of benzene rings is 1. The largest absolute Gasteiger partial charge is 0.401 e. The lowest BCUT2D eigenvalue weighted by Gasteiger charge is -2.35. The zero-order valence-electron chi connectivity index (χ0n) is 18.4. The molecule has 1 N–H and O–H groups in total. The number of aromatic amines is 1. The molecule has 2 aromatic heterocycles. The van der Waals surface area contributed by atoms with E-state index in [-0.39, 0.29) is 37.6 Å². The van der Waals surface area contributed by atoms with E-state index >= 15 is 0 Å². The maximum absolute atomic E-state index is 13.3. The Morgan fingerprint density at radius 2 is 1.88 bits per heavy atom. The fraction of sp³-hybridized carbons (Fsp3) is 0.522. The van der Waals surface area contributed by atoms with Crippen molar-refractivity contribution in [2.24, 2.45) is 5.92 Å². The van der Waals surface area contributed by atoms with E-state index in [1.165, 1.54) is 11.3 Å². The van der Waals surface area contributed by atoms with Crippen LogP contribution >= 0.6 is 0 Å². The second-order valence-electron chi connectivity index (χ2n) is 9.24. The zero-order chi connectivity index (χ0) is 23.3. The van der Waals surface area contributed by atoms with Gasteiger partial charge in [0.05, 0.1) is 29.2 Å². The average molecular weight is 461 g/mol. The van der Waals surface area contributed by atoms with Gasteiger partial charge in [-0.1, -0.05) is 6.42 Å². The zero-order valence-corrected chi connectivity index (χ0v) is 18.4. The number of nitrogens with zero attached hydrogens (tertiary/aromatic N) is 4. The summed E-state index contributed by atoms with van der Waals surface area (Å²) < 4.78 is 39.9. The van der Waals surface area contributed by atoms with Gasteiger partial charge in [-0.15, -0.1) is 0 Å². The second kappa shape index (κ2) is 8.16. The summed E-state index contributed by atoms with van der Waals surface area (Å²) in [5.74, 6) is 0.340.